The summed E-state index contributed by atoms with van der Waals surface area (Å²) in [6.45, 7) is 14.8. The van der Waals surface area contributed by atoms with Crippen molar-refractivity contribution in [2.75, 3.05) is 13.7 Å². The van der Waals surface area contributed by atoms with Gasteiger partial charge in [-0.25, -0.2) is 4.79 Å². The van der Waals surface area contributed by atoms with Crippen LogP contribution in [0, 0.1) is 12.8 Å². The van der Waals surface area contributed by atoms with E-state index in [2.05, 4.69) is 43.2 Å². The SMILES string of the molecule is CC.CCC(=O)c1c(O)cc(C(C)CC/C=C\[N-]OC)oc1=O.Cc1cccc(OCCC(C)C)c1.[Y]. The number of nitrogens with zero attached hydrogens (tertiary/aromatic N) is 1. The zero-order valence-corrected chi connectivity index (χ0v) is 26.6. The van der Waals surface area contributed by atoms with Gasteiger partial charge in [0.2, 0.25) is 0 Å². The average Bonchev–Trinajstić information content (AvgIpc) is 2.84. The van der Waals surface area contributed by atoms with Crippen molar-refractivity contribution in [3.8, 4) is 11.5 Å². The Morgan fingerprint density at radius 1 is 1.16 bits per heavy atom. The molecule has 1 radical (unpaired) electrons. The first kappa shape index (κ1) is 37.2. The third-order valence-electron chi connectivity index (χ3n) is 5.03. The Labute approximate surface area is 247 Å². The quantitative estimate of drug-likeness (QED) is 0.200. The third kappa shape index (κ3) is 15.8. The van der Waals surface area contributed by atoms with Crippen molar-refractivity contribution in [2.45, 2.75) is 80.1 Å². The van der Waals surface area contributed by atoms with Crippen LogP contribution in [0.2, 0.25) is 0 Å². The summed E-state index contributed by atoms with van der Waals surface area (Å²) in [5.74, 6) is 1.25. The number of benzene rings is 1. The van der Waals surface area contributed by atoms with Gasteiger partial charge in [0.25, 0.3) is 0 Å². The van der Waals surface area contributed by atoms with Crippen LogP contribution in [-0.4, -0.2) is 24.6 Å². The van der Waals surface area contributed by atoms with Gasteiger partial charge in [-0.15, -0.1) is 6.08 Å². The number of hydrogen-bond donors (Lipinski definition) is 1. The first-order valence-corrected chi connectivity index (χ1v) is 12.7. The normalized spacial score (nSPS) is 10.9. The van der Waals surface area contributed by atoms with Crippen molar-refractivity contribution < 1.29 is 56.6 Å². The summed E-state index contributed by atoms with van der Waals surface area (Å²) in [6, 6.07) is 9.53. The van der Waals surface area contributed by atoms with Crippen LogP contribution in [0.5, 0.6) is 11.5 Å². The molecular weight excluding hydrogens is 547 g/mol. The van der Waals surface area contributed by atoms with Crippen LogP contribution in [0.3, 0.4) is 0 Å². The molecule has 1 heterocycles. The molecule has 1 atom stereocenters. The van der Waals surface area contributed by atoms with Gasteiger partial charge in [-0.2, -0.15) is 6.20 Å². The van der Waals surface area contributed by atoms with E-state index in [0.29, 0.717) is 24.5 Å². The van der Waals surface area contributed by atoms with Gasteiger partial charge < -0.3 is 24.6 Å². The zero-order valence-electron chi connectivity index (χ0n) is 23.7. The van der Waals surface area contributed by atoms with Crippen LogP contribution in [-0.2, 0) is 37.5 Å². The Hall–Kier alpha value is -1.96. The van der Waals surface area contributed by atoms with Gasteiger partial charge in [0, 0.05) is 58.2 Å². The van der Waals surface area contributed by atoms with Gasteiger partial charge in [0.1, 0.15) is 22.8 Å². The third-order valence-corrected chi connectivity index (χ3v) is 5.03. The van der Waals surface area contributed by atoms with Crippen LogP contribution in [0.15, 0.2) is 51.8 Å². The maximum absolute atomic E-state index is 11.8. The van der Waals surface area contributed by atoms with Crippen molar-refractivity contribution in [2.24, 2.45) is 5.92 Å². The van der Waals surface area contributed by atoms with E-state index < -0.39 is 11.4 Å². The van der Waals surface area contributed by atoms with Crippen LogP contribution in [0.25, 0.3) is 5.48 Å². The molecule has 0 amide bonds. The maximum Gasteiger partial charge on any atom is 0.350 e. The Balaban J connectivity index is 0. The summed E-state index contributed by atoms with van der Waals surface area (Å²) >= 11 is 0. The van der Waals surface area contributed by atoms with E-state index in [1.807, 2.05) is 39.0 Å². The number of carbonyl (C=O) groups excluding carboxylic acids is 1. The van der Waals surface area contributed by atoms with Crippen molar-refractivity contribution in [3.05, 3.63) is 75.4 Å². The summed E-state index contributed by atoms with van der Waals surface area (Å²) in [6.07, 6.45) is 6.05. The molecular formula is C29H44NO6Y-. The van der Waals surface area contributed by atoms with Crippen molar-refractivity contribution in [1.82, 2.24) is 0 Å². The number of hydrogen-bond acceptors (Lipinski definition) is 6. The van der Waals surface area contributed by atoms with E-state index in [1.165, 1.54) is 18.7 Å². The monoisotopic (exact) mass is 591 g/mol. The minimum absolute atomic E-state index is 0. The molecule has 0 aliphatic heterocycles. The second kappa shape index (κ2) is 22.1. The van der Waals surface area contributed by atoms with Crippen LogP contribution < -0.4 is 10.4 Å². The topological polar surface area (TPSA) is 100 Å². The van der Waals surface area contributed by atoms with Gasteiger partial charge in [-0.3, -0.25) is 4.79 Å². The maximum atomic E-state index is 11.8. The number of Topliss-reactive ketones (excluding diaryl/α,β-unsaturated/α-hetero) is 1. The summed E-state index contributed by atoms with van der Waals surface area (Å²) in [7, 11) is 1.46. The number of aromatic hydroxyl groups is 1. The zero-order chi connectivity index (χ0) is 27.5. The van der Waals surface area contributed by atoms with E-state index in [0.717, 1.165) is 18.8 Å². The van der Waals surface area contributed by atoms with Crippen molar-refractivity contribution >= 4 is 5.78 Å². The molecule has 2 aromatic rings. The molecule has 0 saturated carbocycles. The molecule has 8 heteroatoms. The molecule has 7 nitrogen and oxygen atoms in total. The van der Waals surface area contributed by atoms with Gasteiger partial charge in [0.15, 0.2) is 5.78 Å². The largest absolute Gasteiger partial charge is 0.569 e. The molecule has 0 aliphatic carbocycles. The van der Waals surface area contributed by atoms with E-state index >= 15 is 0 Å². The number of ketones is 1. The molecule has 0 fully saturated rings. The Morgan fingerprint density at radius 3 is 2.38 bits per heavy atom. The van der Waals surface area contributed by atoms with Gasteiger partial charge in [-0.05, 0) is 49.8 Å². The Morgan fingerprint density at radius 2 is 1.84 bits per heavy atom. The van der Waals surface area contributed by atoms with Crippen molar-refractivity contribution in [1.29, 1.82) is 0 Å². The second-order valence-electron chi connectivity index (χ2n) is 8.47. The minimum Gasteiger partial charge on any atom is -0.569 e. The van der Waals surface area contributed by atoms with Gasteiger partial charge >= 0.3 is 5.63 Å². The van der Waals surface area contributed by atoms with Gasteiger partial charge in [0.05, 0.1) is 6.61 Å². The molecule has 0 saturated heterocycles. The standard InChI is InChI=1S/C15H20NO5.C12H18O.C2H6.Y/c1-4-11(17)14-12(18)9-13(21-15(14)19)10(2)7-5-6-8-16-20-3;1-10(2)7-8-13-12-6-4-5-11(3)9-12;1-2;/h6,8-10H,4-5,7H2,1-3H3,(H,17,18,19);4-6,9-10H,7-8H2,1-3H3;1-2H3;/q-1;;;/b8-6-;;;. The summed E-state index contributed by atoms with van der Waals surface area (Å²) in [4.78, 5) is 27.9. The van der Waals surface area contributed by atoms with Crippen LogP contribution >= 0.6 is 0 Å². The summed E-state index contributed by atoms with van der Waals surface area (Å²) in [5, 5.41) is 9.84. The van der Waals surface area contributed by atoms with E-state index in [-0.39, 0.29) is 56.4 Å². The fraction of sp³-hybridized carbons (Fsp3) is 0.517. The average molecular weight is 592 g/mol. The first-order valence-electron chi connectivity index (χ1n) is 12.7. The number of allylic oxidation sites excluding steroid dienone is 1. The Kier molecular flexibility index (Phi) is 22.2. The molecule has 0 spiro atoms. The number of ether oxygens (including phenoxy) is 1. The molecule has 1 N–H and O–H groups in total. The predicted molar refractivity (Wildman–Crippen MR) is 146 cm³/mol. The fourth-order valence-corrected chi connectivity index (χ4v) is 2.96. The molecule has 2 rings (SSSR count). The van der Waals surface area contributed by atoms with E-state index in [9.17, 15) is 14.7 Å². The van der Waals surface area contributed by atoms with Crippen molar-refractivity contribution in [3.63, 3.8) is 0 Å². The molecule has 37 heavy (non-hydrogen) atoms. The first-order chi connectivity index (χ1) is 17.2. The number of carbonyl (C=O) groups is 1. The molecule has 1 aromatic carbocycles. The fourth-order valence-electron chi connectivity index (χ4n) is 2.96. The Bertz CT molecular complexity index is 971. The van der Waals surface area contributed by atoms with Gasteiger partial charge in [-0.1, -0.05) is 53.7 Å². The number of rotatable bonds is 12. The van der Waals surface area contributed by atoms with E-state index in [4.69, 9.17) is 9.15 Å². The second-order valence-corrected chi connectivity index (χ2v) is 8.47. The summed E-state index contributed by atoms with van der Waals surface area (Å²) < 4.78 is 10.7. The molecule has 1 aromatic heterocycles. The molecule has 205 valence electrons. The molecule has 1 unspecified atom stereocenters. The smallest absolute Gasteiger partial charge is 0.350 e. The van der Waals surface area contributed by atoms with Crippen LogP contribution in [0.4, 0.5) is 0 Å². The van der Waals surface area contributed by atoms with Crippen LogP contribution in [0.1, 0.15) is 94.8 Å². The number of aryl methyl sites for hydroxylation is 1. The predicted octanol–water partition coefficient (Wildman–Crippen LogP) is 7.71. The molecule has 0 aliphatic rings. The molecule has 0 bridgehead atoms. The summed E-state index contributed by atoms with van der Waals surface area (Å²) in [5.41, 5.74) is 3.78. The van der Waals surface area contributed by atoms with E-state index in [1.54, 1.807) is 13.1 Å². The minimum atomic E-state index is -0.784. The number of hydroxylamine groups is 1.